The third-order valence-corrected chi connectivity index (χ3v) is 6.22. The highest BCUT2D eigenvalue weighted by Gasteiger charge is 2.44. The van der Waals surface area contributed by atoms with Crippen molar-refractivity contribution in [1.82, 2.24) is 16.0 Å². The molecule has 1 saturated carbocycles. The molecule has 1 aliphatic heterocycles. The molecule has 1 heterocycles. The van der Waals surface area contributed by atoms with Crippen LogP contribution < -0.4 is 25.4 Å². The highest BCUT2D eigenvalue weighted by molar-refractivity contribution is 5.85. The van der Waals surface area contributed by atoms with Gasteiger partial charge >= 0.3 is 5.97 Å². The van der Waals surface area contributed by atoms with Gasteiger partial charge in [0.15, 0.2) is 18.1 Å². The number of esters is 1. The summed E-state index contributed by atoms with van der Waals surface area (Å²) in [6.07, 6.45) is 4.22. The highest BCUT2D eigenvalue weighted by atomic mass is 35.5. The van der Waals surface area contributed by atoms with Crippen molar-refractivity contribution in [3.8, 4) is 11.5 Å². The first-order valence-corrected chi connectivity index (χ1v) is 12.2. The zero-order valence-corrected chi connectivity index (χ0v) is 21.5. The van der Waals surface area contributed by atoms with Crippen LogP contribution >= 0.6 is 12.4 Å². The number of benzene rings is 1. The molecular weight excluding hydrogens is 474 g/mol. The van der Waals surface area contributed by atoms with Gasteiger partial charge in [-0.05, 0) is 56.3 Å². The molecule has 2 amide bonds. The van der Waals surface area contributed by atoms with E-state index < -0.39 is 5.41 Å². The summed E-state index contributed by atoms with van der Waals surface area (Å²) in [6.45, 7) is 3.87. The van der Waals surface area contributed by atoms with E-state index in [2.05, 4.69) is 16.0 Å². The fourth-order valence-electron chi connectivity index (χ4n) is 4.27. The number of rotatable bonds is 5. The van der Waals surface area contributed by atoms with Gasteiger partial charge in [0.05, 0.1) is 19.1 Å². The maximum atomic E-state index is 13.3. The second-order valence-corrected chi connectivity index (χ2v) is 9.08. The van der Waals surface area contributed by atoms with E-state index >= 15 is 0 Å². The van der Waals surface area contributed by atoms with Gasteiger partial charge in [-0.3, -0.25) is 14.4 Å². The van der Waals surface area contributed by atoms with Crippen molar-refractivity contribution in [1.29, 1.82) is 0 Å². The lowest BCUT2D eigenvalue weighted by atomic mass is 9.76. The molecule has 1 atom stereocenters. The van der Waals surface area contributed by atoms with Crippen molar-refractivity contribution < 1.29 is 28.6 Å². The Morgan fingerprint density at radius 3 is 2.66 bits per heavy atom. The Balaban J connectivity index is 0.00000432. The van der Waals surface area contributed by atoms with Crippen molar-refractivity contribution in [3.05, 3.63) is 23.8 Å². The number of carbonyl (C=O) groups excluding carboxylic acids is 3. The van der Waals surface area contributed by atoms with Gasteiger partial charge in [0.1, 0.15) is 0 Å². The van der Waals surface area contributed by atoms with Crippen molar-refractivity contribution >= 4 is 30.2 Å². The van der Waals surface area contributed by atoms with Crippen LogP contribution in [0.2, 0.25) is 0 Å². The monoisotopic (exact) mass is 511 g/mol. The van der Waals surface area contributed by atoms with Gasteiger partial charge in [0.2, 0.25) is 5.91 Å². The van der Waals surface area contributed by atoms with Gasteiger partial charge in [-0.2, -0.15) is 0 Å². The number of hydrogen-bond acceptors (Lipinski definition) is 7. The molecule has 1 aliphatic carbocycles. The molecule has 2 bridgehead atoms. The number of amides is 2. The molecule has 3 rings (SSSR count). The topological polar surface area (TPSA) is 115 Å². The van der Waals surface area contributed by atoms with Crippen LogP contribution in [0.15, 0.2) is 18.2 Å². The maximum absolute atomic E-state index is 13.3. The Kier molecular flexibility index (Phi) is 11.6. The third kappa shape index (κ3) is 8.89. The van der Waals surface area contributed by atoms with Crippen molar-refractivity contribution in [3.63, 3.8) is 0 Å². The second-order valence-electron chi connectivity index (χ2n) is 9.08. The Bertz CT molecular complexity index is 864. The lowest BCUT2D eigenvalue weighted by Crippen LogP contribution is -2.46. The van der Waals surface area contributed by atoms with E-state index in [-0.39, 0.29) is 49.9 Å². The number of methoxy groups -OCH3 is 1. The lowest BCUT2D eigenvalue weighted by molar-refractivity contribution is -0.156. The van der Waals surface area contributed by atoms with Gasteiger partial charge in [-0.25, -0.2) is 0 Å². The van der Waals surface area contributed by atoms with Gasteiger partial charge in [0, 0.05) is 26.1 Å². The van der Waals surface area contributed by atoms with Crippen LogP contribution in [0.1, 0.15) is 44.6 Å². The fourth-order valence-corrected chi connectivity index (χ4v) is 4.27. The van der Waals surface area contributed by atoms with Gasteiger partial charge in [0.25, 0.3) is 5.91 Å². The minimum Gasteiger partial charge on any atom is -0.493 e. The molecule has 9 nitrogen and oxygen atoms in total. The van der Waals surface area contributed by atoms with E-state index in [1.807, 2.05) is 6.07 Å². The van der Waals surface area contributed by atoms with E-state index in [0.29, 0.717) is 62.7 Å². The number of carbonyl (C=O) groups is 3. The molecule has 0 radical (unpaired) electrons. The minimum absolute atomic E-state index is 0. The van der Waals surface area contributed by atoms with Crippen LogP contribution in [-0.4, -0.2) is 64.3 Å². The standard InChI is InChI=1S/C25H37N3O6.ClH/c1-3-33-24(31)25(14-18-6-7-18)15-19-8-9-20(32-2)21(13-19)34-16-23(30)27-12-11-26-10-4-5-22(29)28-17-25;/h8-9,13,18,26H,3-7,10-12,14-17H2,1-2H3,(H,27,30)(H,28,29);1H. The Hall–Kier alpha value is -2.52. The average molecular weight is 512 g/mol. The number of ether oxygens (including phenoxy) is 3. The Labute approximate surface area is 213 Å². The van der Waals surface area contributed by atoms with Crippen LogP contribution in [-0.2, 0) is 25.5 Å². The summed E-state index contributed by atoms with van der Waals surface area (Å²) >= 11 is 0. The smallest absolute Gasteiger partial charge is 0.314 e. The molecule has 0 saturated heterocycles. The molecule has 1 aromatic carbocycles. The van der Waals surface area contributed by atoms with Gasteiger partial charge < -0.3 is 30.2 Å². The van der Waals surface area contributed by atoms with Crippen LogP contribution in [0, 0.1) is 11.3 Å². The zero-order chi connectivity index (χ0) is 24.4. The largest absolute Gasteiger partial charge is 0.493 e. The molecule has 10 heteroatoms. The van der Waals surface area contributed by atoms with Crippen molar-refractivity contribution in [2.75, 3.05) is 46.5 Å². The first-order chi connectivity index (χ1) is 16.5. The van der Waals surface area contributed by atoms with Gasteiger partial charge in [-0.1, -0.05) is 18.9 Å². The second kappa shape index (κ2) is 14.1. The fraction of sp³-hybridized carbons (Fsp3) is 0.640. The summed E-state index contributed by atoms with van der Waals surface area (Å²) in [4.78, 5) is 38.0. The molecule has 1 aromatic rings. The normalized spacial score (nSPS) is 22.2. The highest BCUT2D eigenvalue weighted by Crippen LogP contribution is 2.43. The number of nitrogens with one attached hydrogen (secondary N) is 3. The van der Waals surface area contributed by atoms with E-state index in [1.165, 1.54) is 7.11 Å². The summed E-state index contributed by atoms with van der Waals surface area (Å²) in [5.74, 6) is 0.772. The molecule has 1 unspecified atom stereocenters. The van der Waals surface area contributed by atoms with E-state index in [0.717, 1.165) is 18.4 Å². The summed E-state index contributed by atoms with van der Waals surface area (Å²) in [7, 11) is 1.54. The molecule has 1 fully saturated rings. The van der Waals surface area contributed by atoms with E-state index in [4.69, 9.17) is 14.2 Å². The molecule has 35 heavy (non-hydrogen) atoms. The predicted octanol–water partition coefficient (Wildman–Crippen LogP) is 2.00. The number of halogens is 1. The summed E-state index contributed by atoms with van der Waals surface area (Å²) in [5.41, 5.74) is -0.0239. The zero-order valence-electron chi connectivity index (χ0n) is 20.7. The number of fused-ring (bicyclic) bond motifs is 2. The quantitative estimate of drug-likeness (QED) is 0.518. The molecule has 3 N–H and O–H groups in total. The Morgan fingerprint density at radius 2 is 1.94 bits per heavy atom. The first-order valence-electron chi connectivity index (χ1n) is 12.2. The predicted molar refractivity (Wildman–Crippen MR) is 134 cm³/mol. The lowest BCUT2D eigenvalue weighted by Gasteiger charge is -2.32. The average Bonchev–Trinajstić information content (AvgIpc) is 3.64. The van der Waals surface area contributed by atoms with Crippen LogP contribution in [0.4, 0.5) is 0 Å². The van der Waals surface area contributed by atoms with E-state index in [9.17, 15) is 14.4 Å². The van der Waals surface area contributed by atoms with Crippen LogP contribution in [0.25, 0.3) is 0 Å². The Morgan fingerprint density at radius 1 is 1.14 bits per heavy atom. The molecule has 0 spiro atoms. The SMILES string of the molecule is CCOC(=O)C1(CC2CC2)CNC(=O)CCCNCCNC(=O)COc2cc(ccc2OC)C1.Cl. The minimum atomic E-state index is -0.875. The van der Waals surface area contributed by atoms with Gasteiger partial charge in [-0.15, -0.1) is 12.4 Å². The molecular formula is C25H38ClN3O6. The van der Waals surface area contributed by atoms with Crippen molar-refractivity contribution in [2.45, 2.75) is 45.4 Å². The first kappa shape index (κ1) is 28.7. The van der Waals surface area contributed by atoms with Crippen LogP contribution in [0.5, 0.6) is 11.5 Å². The maximum Gasteiger partial charge on any atom is 0.314 e. The summed E-state index contributed by atoms with van der Waals surface area (Å²) in [5, 5.41) is 9.02. The molecule has 196 valence electrons. The molecule has 0 aromatic heterocycles. The molecule has 2 aliphatic rings. The third-order valence-electron chi connectivity index (χ3n) is 6.22. The summed E-state index contributed by atoms with van der Waals surface area (Å²) in [6, 6.07) is 5.47. The van der Waals surface area contributed by atoms with Crippen LogP contribution in [0.3, 0.4) is 0 Å². The number of hydrogen-bond donors (Lipinski definition) is 3. The van der Waals surface area contributed by atoms with Crippen molar-refractivity contribution in [2.24, 2.45) is 11.3 Å². The summed E-state index contributed by atoms with van der Waals surface area (Å²) < 4.78 is 16.7. The van der Waals surface area contributed by atoms with E-state index in [1.54, 1.807) is 19.1 Å².